The molecule has 0 aliphatic heterocycles. The van der Waals surface area contributed by atoms with Gasteiger partial charge < -0.3 is 14.5 Å². The second kappa shape index (κ2) is 6.21. The third-order valence-corrected chi connectivity index (χ3v) is 2.88. The van der Waals surface area contributed by atoms with Gasteiger partial charge in [0, 0.05) is 18.3 Å². The van der Waals surface area contributed by atoms with E-state index in [0.717, 1.165) is 17.7 Å². The lowest BCUT2D eigenvalue weighted by Crippen LogP contribution is -2.20. The van der Waals surface area contributed by atoms with Gasteiger partial charge in [0.05, 0.1) is 19.4 Å². The Labute approximate surface area is 107 Å². The van der Waals surface area contributed by atoms with E-state index in [4.69, 9.17) is 9.15 Å². The van der Waals surface area contributed by atoms with Crippen LogP contribution in [0.25, 0.3) is 0 Å². The van der Waals surface area contributed by atoms with Gasteiger partial charge in [0.2, 0.25) is 5.88 Å². The second-order valence-electron chi connectivity index (χ2n) is 4.03. The van der Waals surface area contributed by atoms with Crippen LogP contribution in [0, 0.1) is 0 Å². The Morgan fingerprint density at radius 3 is 2.94 bits per heavy atom. The monoisotopic (exact) mass is 246 g/mol. The van der Waals surface area contributed by atoms with Crippen molar-refractivity contribution in [2.24, 2.45) is 0 Å². The summed E-state index contributed by atoms with van der Waals surface area (Å²) in [6.07, 6.45) is 4.40. The molecule has 0 radical (unpaired) electrons. The smallest absolute Gasteiger partial charge is 0.217 e. The van der Waals surface area contributed by atoms with Crippen LogP contribution in [0.5, 0.6) is 5.88 Å². The average Bonchev–Trinajstić information content (AvgIpc) is 2.94. The minimum Gasteiger partial charge on any atom is -0.481 e. The maximum atomic E-state index is 5.42. The summed E-state index contributed by atoms with van der Waals surface area (Å²) in [6.45, 7) is 2.83. The van der Waals surface area contributed by atoms with Crippen LogP contribution in [0.15, 0.2) is 41.1 Å². The van der Waals surface area contributed by atoms with Crippen LogP contribution in [0.4, 0.5) is 0 Å². The molecule has 2 heterocycles. The molecule has 0 spiro atoms. The first-order chi connectivity index (χ1) is 8.85. The van der Waals surface area contributed by atoms with Crippen LogP contribution >= 0.6 is 0 Å². The van der Waals surface area contributed by atoms with Crippen LogP contribution in [0.2, 0.25) is 0 Å². The lowest BCUT2D eigenvalue weighted by molar-refractivity contribution is 0.378. The van der Waals surface area contributed by atoms with Gasteiger partial charge in [0.15, 0.2) is 0 Å². The van der Waals surface area contributed by atoms with E-state index in [2.05, 4.69) is 17.2 Å². The molecule has 2 aromatic rings. The van der Waals surface area contributed by atoms with Crippen molar-refractivity contribution in [1.29, 1.82) is 0 Å². The molecule has 1 N–H and O–H groups in total. The number of ether oxygens (including phenoxy) is 1. The van der Waals surface area contributed by atoms with Crippen molar-refractivity contribution in [3.63, 3.8) is 0 Å². The largest absolute Gasteiger partial charge is 0.481 e. The highest BCUT2D eigenvalue weighted by atomic mass is 16.5. The molecule has 0 aliphatic rings. The number of nitrogens with one attached hydrogen (secondary N) is 1. The molecule has 0 aliphatic carbocycles. The van der Waals surface area contributed by atoms with Gasteiger partial charge >= 0.3 is 0 Å². The Bertz CT molecular complexity index is 468. The van der Waals surface area contributed by atoms with E-state index < -0.39 is 0 Å². The molecule has 1 atom stereocenters. The van der Waals surface area contributed by atoms with Gasteiger partial charge in [0.25, 0.3) is 0 Å². The van der Waals surface area contributed by atoms with Crippen LogP contribution in [-0.4, -0.2) is 12.1 Å². The molecule has 4 heteroatoms. The first-order valence-electron chi connectivity index (χ1n) is 6.09. The van der Waals surface area contributed by atoms with Gasteiger partial charge in [-0.3, -0.25) is 0 Å². The van der Waals surface area contributed by atoms with Crippen molar-refractivity contribution in [2.75, 3.05) is 7.11 Å². The predicted molar refractivity (Wildman–Crippen MR) is 69.4 cm³/mol. The number of methoxy groups -OCH3 is 1. The summed E-state index contributed by atoms with van der Waals surface area (Å²) >= 11 is 0. The number of furan rings is 1. The summed E-state index contributed by atoms with van der Waals surface area (Å²) in [5.41, 5.74) is 1.05. The number of hydrogen-bond donors (Lipinski definition) is 1. The highest BCUT2D eigenvalue weighted by Gasteiger charge is 2.12. The molecular formula is C14H18N2O2. The van der Waals surface area contributed by atoms with E-state index in [1.165, 1.54) is 0 Å². The summed E-state index contributed by atoms with van der Waals surface area (Å²) in [5, 5.41) is 3.45. The normalized spacial score (nSPS) is 12.3. The number of hydrogen-bond acceptors (Lipinski definition) is 4. The number of aromatic nitrogens is 1. The van der Waals surface area contributed by atoms with Crippen molar-refractivity contribution in [3.8, 4) is 5.88 Å². The maximum absolute atomic E-state index is 5.42. The molecule has 2 aromatic heterocycles. The maximum Gasteiger partial charge on any atom is 0.217 e. The lowest BCUT2D eigenvalue weighted by atomic mass is 10.1. The number of rotatable bonds is 6. The highest BCUT2D eigenvalue weighted by molar-refractivity contribution is 5.25. The zero-order valence-corrected chi connectivity index (χ0v) is 10.7. The molecular weight excluding hydrogens is 228 g/mol. The Hall–Kier alpha value is -1.81. The summed E-state index contributed by atoms with van der Waals surface area (Å²) < 4.78 is 10.6. The SMILES string of the molecule is CCC(NCc1cccnc1OC)c1ccco1. The van der Waals surface area contributed by atoms with Gasteiger partial charge in [-0.25, -0.2) is 4.98 Å². The van der Waals surface area contributed by atoms with Crippen molar-refractivity contribution >= 4 is 0 Å². The van der Waals surface area contributed by atoms with E-state index in [1.807, 2.05) is 24.3 Å². The zero-order chi connectivity index (χ0) is 12.8. The second-order valence-corrected chi connectivity index (χ2v) is 4.03. The van der Waals surface area contributed by atoms with Crippen LogP contribution < -0.4 is 10.1 Å². The van der Waals surface area contributed by atoms with E-state index in [0.29, 0.717) is 12.4 Å². The highest BCUT2D eigenvalue weighted by Crippen LogP contribution is 2.19. The van der Waals surface area contributed by atoms with E-state index in [-0.39, 0.29) is 6.04 Å². The molecule has 1 unspecified atom stereocenters. The fraction of sp³-hybridized carbons (Fsp3) is 0.357. The molecule has 2 rings (SSSR count). The van der Waals surface area contributed by atoms with E-state index in [1.54, 1.807) is 19.6 Å². The summed E-state index contributed by atoms with van der Waals surface area (Å²) in [4.78, 5) is 4.18. The number of pyridine rings is 1. The Kier molecular flexibility index (Phi) is 4.36. The van der Waals surface area contributed by atoms with Gasteiger partial charge in [-0.2, -0.15) is 0 Å². The Balaban J connectivity index is 2.02. The first-order valence-corrected chi connectivity index (χ1v) is 6.09. The summed E-state index contributed by atoms with van der Waals surface area (Å²) in [7, 11) is 1.63. The van der Waals surface area contributed by atoms with Gasteiger partial charge in [-0.1, -0.05) is 13.0 Å². The molecule has 0 amide bonds. The molecule has 96 valence electrons. The average molecular weight is 246 g/mol. The van der Waals surface area contributed by atoms with Crippen LogP contribution in [-0.2, 0) is 6.54 Å². The molecule has 0 saturated carbocycles. The summed E-state index contributed by atoms with van der Waals surface area (Å²) in [6, 6.07) is 8.03. The van der Waals surface area contributed by atoms with Gasteiger partial charge in [-0.05, 0) is 24.6 Å². The molecule has 0 aromatic carbocycles. The van der Waals surface area contributed by atoms with Crippen molar-refractivity contribution in [2.45, 2.75) is 25.9 Å². The topological polar surface area (TPSA) is 47.3 Å². The van der Waals surface area contributed by atoms with Crippen LogP contribution in [0.3, 0.4) is 0 Å². The Morgan fingerprint density at radius 1 is 1.39 bits per heavy atom. The molecule has 4 nitrogen and oxygen atoms in total. The fourth-order valence-electron chi connectivity index (χ4n) is 1.91. The third-order valence-electron chi connectivity index (χ3n) is 2.88. The van der Waals surface area contributed by atoms with Crippen molar-refractivity contribution in [3.05, 3.63) is 48.0 Å². The quantitative estimate of drug-likeness (QED) is 0.851. The van der Waals surface area contributed by atoms with Crippen molar-refractivity contribution < 1.29 is 9.15 Å². The van der Waals surface area contributed by atoms with Gasteiger partial charge in [-0.15, -0.1) is 0 Å². The minimum atomic E-state index is 0.213. The molecule has 0 saturated heterocycles. The first kappa shape index (κ1) is 12.6. The molecule has 0 fully saturated rings. The summed E-state index contributed by atoms with van der Waals surface area (Å²) in [5.74, 6) is 1.62. The van der Waals surface area contributed by atoms with E-state index >= 15 is 0 Å². The Morgan fingerprint density at radius 2 is 2.28 bits per heavy atom. The van der Waals surface area contributed by atoms with Gasteiger partial charge in [0.1, 0.15) is 5.76 Å². The number of nitrogens with zero attached hydrogens (tertiary/aromatic N) is 1. The van der Waals surface area contributed by atoms with Crippen LogP contribution in [0.1, 0.15) is 30.7 Å². The molecule has 18 heavy (non-hydrogen) atoms. The standard InChI is InChI=1S/C14H18N2O2/c1-3-12(13-7-5-9-18-13)16-10-11-6-4-8-15-14(11)17-2/h4-9,12,16H,3,10H2,1-2H3. The predicted octanol–water partition coefficient (Wildman–Crippen LogP) is 2.92. The fourth-order valence-corrected chi connectivity index (χ4v) is 1.91. The van der Waals surface area contributed by atoms with Crippen molar-refractivity contribution in [1.82, 2.24) is 10.3 Å². The minimum absolute atomic E-state index is 0.213. The zero-order valence-electron chi connectivity index (χ0n) is 10.7. The van der Waals surface area contributed by atoms with E-state index in [9.17, 15) is 0 Å². The molecule has 0 bridgehead atoms. The lowest BCUT2D eigenvalue weighted by Gasteiger charge is -2.15. The third kappa shape index (κ3) is 2.90.